The van der Waals surface area contributed by atoms with Crippen LogP contribution in [0, 0.1) is 11.2 Å². The van der Waals surface area contributed by atoms with Crippen molar-refractivity contribution in [3.63, 3.8) is 0 Å². The van der Waals surface area contributed by atoms with Crippen LogP contribution < -0.4 is 11.2 Å². The van der Waals surface area contributed by atoms with Gasteiger partial charge in [0.05, 0.1) is 41.3 Å². The molecule has 0 aliphatic carbocycles. The van der Waals surface area contributed by atoms with E-state index in [0.29, 0.717) is 10.9 Å². The van der Waals surface area contributed by atoms with Gasteiger partial charge >= 0.3 is 7.12 Å². The summed E-state index contributed by atoms with van der Waals surface area (Å²) in [6.45, 7) is 15.6. The van der Waals surface area contributed by atoms with Crippen LogP contribution in [0.2, 0.25) is 0 Å². The molecule has 13 heteroatoms. The number of nitrogens with two attached hydrogens (primary N) is 1. The Morgan fingerprint density at radius 1 is 1.26 bits per heavy atom. The summed E-state index contributed by atoms with van der Waals surface area (Å²) in [6, 6.07) is 2.66. The molecule has 0 unspecified atom stereocenters. The van der Waals surface area contributed by atoms with Crippen molar-refractivity contribution < 1.29 is 22.7 Å². The van der Waals surface area contributed by atoms with Gasteiger partial charge in [0.15, 0.2) is 0 Å². The number of hydrogen-bond acceptors (Lipinski definition) is 7. The Labute approximate surface area is 229 Å². The minimum absolute atomic E-state index is 0.0154. The molecule has 8 nitrogen and oxygen atoms in total. The van der Waals surface area contributed by atoms with Crippen LogP contribution >= 0.6 is 42.2 Å². The lowest BCUT2D eigenvalue weighted by Gasteiger charge is -2.32. The highest BCUT2D eigenvalue weighted by atomic mass is 127. The van der Waals surface area contributed by atoms with Crippen molar-refractivity contribution in [2.24, 2.45) is 10.7 Å². The van der Waals surface area contributed by atoms with Crippen LogP contribution in [0.1, 0.15) is 61.0 Å². The lowest BCUT2D eigenvalue weighted by Crippen LogP contribution is -2.41. The number of fused-ring (bicyclic) bond motifs is 1. The Kier molecular flexibility index (Phi) is 12.3. The lowest BCUT2D eigenvalue weighted by molar-refractivity contribution is 0.00578. The second-order valence-electron chi connectivity index (χ2n) is 8.56. The SMILES string of the molecule is CC.CC(C)N=C(N)OC(=N)c1cc2c(B3OC(C)(C)C(C)(C)O3)cn(SI)c2cc1F.COCl. The molecule has 1 fully saturated rings. The Balaban J connectivity index is 0.00000114. The van der Waals surface area contributed by atoms with E-state index in [4.69, 9.17) is 25.2 Å². The van der Waals surface area contributed by atoms with E-state index in [9.17, 15) is 4.39 Å². The van der Waals surface area contributed by atoms with Gasteiger partial charge < -0.3 is 19.8 Å². The molecule has 2 aromatic rings. The number of nitrogens with one attached hydrogen (secondary N) is 1. The van der Waals surface area contributed by atoms with Crippen molar-refractivity contribution in [1.82, 2.24) is 3.97 Å². The number of rotatable bonds is 4. The quantitative estimate of drug-likeness (QED) is 0.189. The van der Waals surface area contributed by atoms with Crippen molar-refractivity contribution in [2.45, 2.75) is 72.6 Å². The minimum atomic E-state index is -0.622. The molecule has 196 valence electrons. The second-order valence-corrected chi connectivity index (χ2v) is 10.6. The van der Waals surface area contributed by atoms with Crippen molar-refractivity contribution in [3.8, 4) is 0 Å². The van der Waals surface area contributed by atoms with Gasteiger partial charge in [-0.1, -0.05) is 13.8 Å². The third-order valence-electron chi connectivity index (χ3n) is 5.31. The smallest absolute Gasteiger partial charge is 0.407 e. The fourth-order valence-corrected chi connectivity index (χ4v) is 4.43. The average molecular weight is 643 g/mol. The van der Waals surface area contributed by atoms with E-state index in [-0.39, 0.29) is 17.6 Å². The molecule has 0 bridgehead atoms. The molecule has 2 heterocycles. The lowest BCUT2D eigenvalue weighted by atomic mass is 9.78. The third-order valence-corrected chi connectivity index (χ3v) is 7.03. The van der Waals surface area contributed by atoms with Crippen molar-refractivity contribution in [2.75, 3.05) is 7.11 Å². The first-order valence-electron chi connectivity index (χ1n) is 11.0. The molecule has 1 aliphatic rings. The van der Waals surface area contributed by atoms with Gasteiger partial charge in [-0.2, -0.15) is 0 Å². The Morgan fingerprint density at radius 2 is 1.77 bits per heavy atom. The molecule has 1 aromatic carbocycles. The summed E-state index contributed by atoms with van der Waals surface area (Å²) in [6.07, 6.45) is 1.87. The van der Waals surface area contributed by atoms with E-state index in [1.807, 2.05) is 65.6 Å². The van der Waals surface area contributed by atoms with Gasteiger partial charge in [0, 0.05) is 53.4 Å². The Morgan fingerprint density at radius 3 is 2.23 bits per heavy atom. The highest BCUT2D eigenvalue weighted by Crippen LogP contribution is 2.38. The number of halogens is 3. The third kappa shape index (κ3) is 7.72. The summed E-state index contributed by atoms with van der Waals surface area (Å²) in [5.74, 6) is -0.999. The standard InChI is InChI=1S/C19H25BFIN4O3S.C2H6.CH3ClO/c1-10(2)25-17(24)27-16(23)12-7-11-13(9-26(30-22)15(11)8-14(12)21)20-28-18(3,4)19(5,6)29-20;1-2;1-3-2/h7-10,23H,1-6H3,(H2,24,25);1-2H3;1H3. The maximum atomic E-state index is 14.8. The molecular formula is C22H34BClFIN4O4S. The second kappa shape index (κ2) is 13.5. The molecule has 3 N–H and O–H groups in total. The summed E-state index contributed by atoms with van der Waals surface area (Å²) >= 11 is 6.63. The zero-order valence-electron chi connectivity index (χ0n) is 21.5. The van der Waals surface area contributed by atoms with Crippen LogP contribution in [0.5, 0.6) is 0 Å². The monoisotopic (exact) mass is 642 g/mol. The first-order chi connectivity index (χ1) is 16.3. The van der Waals surface area contributed by atoms with Crippen LogP contribution in [0.4, 0.5) is 4.39 Å². The van der Waals surface area contributed by atoms with Gasteiger partial charge in [-0.25, -0.2) is 9.38 Å². The van der Waals surface area contributed by atoms with Crippen LogP contribution in [0.25, 0.3) is 10.9 Å². The molecule has 3 rings (SSSR count). The zero-order chi connectivity index (χ0) is 27.1. The fraction of sp³-hybridized carbons (Fsp3) is 0.545. The summed E-state index contributed by atoms with van der Waals surface area (Å²) in [5.41, 5.74) is 6.08. The van der Waals surface area contributed by atoms with E-state index < -0.39 is 30.0 Å². The first kappa shape index (κ1) is 32.0. The molecule has 35 heavy (non-hydrogen) atoms. The molecule has 0 saturated carbocycles. The molecule has 0 amide bonds. The molecule has 0 radical (unpaired) electrons. The number of amidine groups is 1. The Bertz CT molecular complexity index is 1040. The van der Waals surface area contributed by atoms with E-state index in [1.165, 1.54) is 22.3 Å². The molecule has 1 saturated heterocycles. The molecule has 0 spiro atoms. The number of ether oxygens (including phenoxy) is 1. The maximum Gasteiger partial charge on any atom is 0.497 e. The molecule has 1 aromatic heterocycles. The van der Waals surface area contributed by atoms with Crippen molar-refractivity contribution in [3.05, 3.63) is 29.7 Å². The highest BCUT2D eigenvalue weighted by molar-refractivity contribution is 14.2. The first-order valence-corrected chi connectivity index (χ1v) is 14.6. The minimum Gasteiger partial charge on any atom is -0.407 e. The predicted molar refractivity (Wildman–Crippen MR) is 154 cm³/mol. The summed E-state index contributed by atoms with van der Waals surface area (Å²) < 4.78 is 38.0. The van der Waals surface area contributed by atoms with Gasteiger partial charge in [0.1, 0.15) is 5.82 Å². The van der Waals surface area contributed by atoms with Gasteiger partial charge in [-0.15, -0.1) is 0 Å². The number of hydrogen-bond donors (Lipinski definition) is 2. The Hall–Kier alpha value is -1.06. The van der Waals surface area contributed by atoms with Crippen molar-refractivity contribution >= 4 is 77.6 Å². The molecular weight excluding hydrogens is 609 g/mol. The molecule has 1 aliphatic heterocycles. The predicted octanol–water partition coefficient (Wildman–Crippen LogP) is 5.80. The van der Waals surface area contributed by atoms with Crippen LogP contribution in [0.15, 0.2) is 23.3 Å². The number of aliphatic imine (C=N–C) groups is 1. The van der Waals surface area contributed by atoms with Crippen LogP contribution in [-0.4, -0.2) is 47.4 Å². The highest BCUT2D eigenvalue weighted by Gasteiger charge is 2.52. The number of nitrogens with zero attached hydrogens (tertiary/aromatic N) is 2. The molecule has 0 atom stereocenters. The zero-order valence-corrected chi connectivity index (χ0v) is 25.3. The van der Waals surface area contributed by atoms with Gasteiger partial charge in [0.25, 0.3) is 6.02 Å². The average Bonchev–Trinajstić information content (AvgIpc) is 3.21. The number of benzene rings is 1. The largest absolute Gasteiger partial charge is 0.497 e. The number of aromatic nitrogens is 1. The van der Waals surface area contributed by atoms with Crippen LogP contribution in [0.3, 0.4) is 0 Å². The normalized spacial score (nSPS) is 16.5. The summed E-state index contributed by atoms with van der Waals surface area (Å²) in [4.78, 5) is 4.03. The summed E-state index contributed by atoms with van der Waals surface area (Å²) in [5, 5.41) is 8.89. The van der Waals surface area contributed by atoms with E-state index >= 15 is 0 Å². The topological polar surface area (TPSA) is 104 Å². The fourth-order valence-electron chi connectivity index (χ4n) is 3.07. The van der Waals surface area contributed by atoms with E-state index in [0.717, 1.165) is 5.46 Å². The maximum absolute atomic E-state index is 14.8. The van der Waals surface area contributed by atoms with Gasteiger partial charge in [0.2, 0.25) is 5.90 Å². The van der Waals surface area contributed by atoms with Crippen molar-refractivity contribution in [1.29, 1.82) is 5.41 Å². The van der Waals surface area contributed by atoms with E-state index in [1.54, 1.807) is 6.07 Å². The van der Waals surface area contributed by atoms with Gasteiger partial charge in [-0.05, 0) is 53.7 Å². The summed E-state index contributed by atoms with van der Waals surface area (Å²) in [7, 11) is 2.17. The van der Waals surface area contributed by atoms with Gasteiger partial charge in [-0.3, -0.25) is 13.7 Å². The van der Waals surface area contributed by atoms with E-state index in [2.05, 4.69) is 42.4 Å². The van der Waals surface area contributed by atoms with Crippen LogP contribution in [-0.2, 0) is 18.3 Å².